The summed E-state index contributed by atoms with van der Waals surface area (Å²) >= 11 is 5.14. The van der Waals surface area contributed by atoms with Gasteiger partial charge in [0.25, 0.3) is 0 Å². The first-order chi connectivity index (χ1) is 6.36. The molecule has 0 radical (unpaired) electrons. The third-order valence-corrected chi connectivity index (χ3v) is 2.52. The van der Waals surface area contributed by atoms with Crippen molar-refractivity contribution in [2.75, 3.05) is 11.9 Å². The molecule has 2 N–H and O–H groups in total. The van der Waals surface area contributed by atoms with E-state index in [0.717, 1.165) is 29.9 Å². The summed E-state index contributed by atoms with van der Waals surface area (Å²) in [7, 11) is 0. The molecular weight excluding hydrogens is 186 g/mol. The van der Waals surface area contributed by atoms with Gasteiger partial charge in [-0.25, -0.2) is 4.98 Å². The second kappa shape index (κ2) is 2.29. The number of fused-ring (bicyclic) bond motifs is 3. The van der Waals surface area contributed by atoms with Gasteiger partial charge in [0.05, 0.1) is 11.6 Å². The topological polar surface area (TPSA) is 58.5 Å². The minimum Gasteiger partial charge on any atom is -0.369 e. The molecule has 13 heavy (non-hydrogen) atoms. The molecule has 0 aromatic carbocycles. The second-order valence-electron chi connectivity index (χ2n) is 2.95. The quantitative estimate of drug-likeness (QED) is 0.611. The lowest BCUT2D eigenvalue weighted by molar-refractivity contribution is 0.772. The van der Waals surface area contributed by atoms with Gasteiger partial charge >= 0.3 is 0 Å². The van der Waals surface area contributed by atoms with Crippen LogP contribution in [-0.4, -0.2) is 26.3 Å². The normalized spacial score (nSPS) is 14.5. The van der Waals surface area contributed by atoms with Gasteiger partial charge in [-0.15, -0.1) is 0 Å². The van der Waals surface area contributed by atoms with Gasteiger partial charge in [-0.1, -0.05) is 0 Å². The van der Waals surface area contributed by atoms with E-state index in [1.807, 2.05) is 4.57 Å². The Morgan fingerprint density at radius 3 is 3.38 bits per heavy atom. The van der Waals surface area contributed by atoms with Crippen LogP contribution >= 0.6 is 12.2 Å². The van der Waals surface area contributed by atoms with Crippen molar-refractivity contribution in [2.45, 2.75) is 6.54 Å². The first-order valence-corrected chi connectivity index (χ1v) is 4.45. The van der Waals surface area contributed by atoms with Gasteiger partial charge in [-0.05, 0) is 12.2 Å². The monoisotopic (exact) mass is 193 g/mol. The predicted octanol–water partition coefficient (Wildman–Crippen LogP) is 0.914. The zero-order valence-corrected chi connectivity index (χ0v) is 7.56. The average molecular weight is 193 g/mol. The number of hydrogen-bond acceptors (Lipinski definition) is 4. The lowest BCUT2D eigenvalue weighted by atomic mass is 10.4. The zero-order valence-electron chi connectivity index (χ0n) is 6.74. The van der Waals surface area contributed by atoms with E-state index < -0.39 is 0 Å². The van der Waals surface area contributed by atoms with Crippen LogP contribution in [0, 0.1) is 4.77 Å². The molecule has 0 fully saturated rings. The Balaban J connectivity index is 2.55. The van der Waals surface area contributed by atoms with E-state index in [1.54, 1.807) is 6.20 Å². The van der Waals surface area contributed by atoms with Gasteiger partial charge in [-0.2, -0.15) is 5.10 Å². The molecular formula is C7H7N5S. The van der Waals surface area contributed by atoms with Crippen molar-refractivity contribution in [2.24, 2.45) is 0 Å². The number of H-pyrrole nitrogens is 1. The van der Waals surface area contributed by atoms with E-state index >= 15 is 0 Å². The lowest BCUT2D eigenvalue weighted by Gasteiger charge is -2.02. The maximum Gasteiger partial charge on any atom is 0.203 e. The standard InChI is InChI=1S/C7H7N5S/c13-7-10-5-4(3-9-11-5)6-8-1-2-12(6)7/h3,8H,1-2H2,(H,10,11,13). The molecule has 5 nitrogen and oxygen atoms in total. The Labute approximate surface area is 78.8 Å². The average Bonchev–Trinajstić information content (AvgIpc) is 2.66. The third kappa shape index (κ3) is 0.831. The van der Waals surface area contributed by atoms with Crippen molar-refractivity contribution in [1.29, 1.82) is 0 Å². The van der Waals surface area contributed by atoms with Crippen LogP contribution in [0.2, 0.25) is 0 Å². The molecule has 3 heterocycles. The van der Waals surface area contributed by atoms with Crippen LogP contribution < -0.4 is 5.32 Å². The van der Waals surface area contributed by atoms with Crippen LogP contribution in [0.15, 0.2) is 6.20 Å². The fraction of sp³-hybridized carbons (Fsp3) is 0.286. The summed E-state index contributed by atoms with van der Waals surface area (Å²) in [5.41, 5.74) is 0.755. The zero-order chi connectivity index (χ0) is 8.84. The van der Waals surface area contributed by atoms with Crippen molar-refractivity contribution in [3.63, 3.8) is 0 Å². The lowest BCUT2D eigenvalue weighted by Crippen LogP contribution is -1.97. The minimum atomic E-state index is 0.608. The summed E-state index contributed by atoms with van der Waals surface area (Å²) in [5.74, 6) is 1.03. The van der Waals surface area contributed by atoms with E-state index in [1.165, 1.54) is 0 Å². The molecule has 0 atom stereocenters. The Morgan fingerprint density at radius 2 is 2.46 bits per heavy atom. The van der Waals surface area contributed by atoms with Crippen LogP contribution in [0.25, 0.3) is 11.0 Å². The fourth-order valence-electron chi connectivity index (χ4n) is 1.62. The van der Waals surface area contributed by atoms with Gasteiger partial charge in [-0.3, -0.25) is 5.10 Å². The molecule has 1 aliphatic rings. The molecule has 6 heteroatoms. The van der Waals surface area contributed by atoms with Crippen molar-refractivity contribution in [1.82, 2.24) is 19.7 Å². The van der Waals surface area contributed by atoms with Crippen molar-refractivity contribution in [3.8, 4) is 0 Å². The maximum atomic E-state index is 5.14. The highest BCUT2D eigenvalue weighted by atomic mass is 32.1. The van der Waals surface area contributed by atoms with Crippen LogP contribution in [0.1, 0.15) is 0 Å². The molecule has 0 bridgehead atoms. The number of aromatic amines is 1. The maximum absolute atomic E-state index is 5.14. The molecule has 0 saturated carbocycles. The molecule has 0 spiro atoms. The molecule has 0 saturated heterocycles. The summed E-state index contributed by atoms with van der Waals surface area (Å²) in [6.07, 6.45) is 1.77. The second-order valence-corrected chi connectivity index (χ2v) is 3.32. The van der Waals surface area contributed by atoms with Crippen LogP contribution in [0.4, 0.5) is 5.82 Å². The van der Waals surface area contributed by atoms with Gasteiger partial charge in [0.15, 0.2) is 5.65 Å². The largest absolute Gasteiger partial charge is 0.369 e. The van der Waals surface area contributed by atoms with Crippen LogP contribution in [0.5, 0.6) is 0 Å². The Hall–Kier alpha value is -1.43. The number of nitrogens with one attached hydrogen (secondary N) is 2. The van der Waals surface area contributed by atoms with E-state index in [-0.39, 0.29) is 0 Å². The van der Waals surface area contributed by atoms with Gasteiger partial charge in [0.1, 0.15) is 5.82 Å². The molecule has 0 amide bonds. The van der Waals surface area contributed by atoms with Crippen molar-refractivity contribution < 1.29 is 0 Å². The first-order valence-electron chi connectivity index (χ1n) is 4.04. The third-order valence-electron chi connectivity index (χ3n) is 2.21. The molecule has 2 aromatic heterocycles. The Morgan fingerprint density at radius 1 is 1.54 bits per heavy atom. The number of anilines is 1. The van der Waals surface area contributed by atoms with Gasteiger partial charge in [0, 0.05) is 13.1 Å². The molecule has 2 aromatic rings. The summed E-state index contributed by atoms with van der Waals surface area (Å²) < 4.78 is 2.60. The number of nitrogens with zero attached hydrogens (tertiary/aromatic N) is 3. The highest BCUT2D eigenvalue weighted by Crippen LogP contribution is 2.23. The van der Waals surface area contributed by atoms with Crippen LogP contribution in [0.3, 0.4) is 0 Å². The number of hydrogen-bond donors (Lipinski definition) is 2. The number of rotatable bonds is 0. The van der Waals surface area contributed by atoms with E-state index in [0.29, 0.717) is 4.77 Å². The summed E-state index contributed by atoms with van der Waals surface area (Å²) in [6, 6.07) is 0. The smallest absolute Gasteiger partial charge is 0.203 e. The van der Waals surface area contributed by atoms with Crippen LogP contribution in [-0.2, 0) is 6.54 Å². The van der Waals surface area contributed by atoms with E-state index in [4.69, 9.17) is 12.2 Å². The van der Waals surface area contributed by atoms with E-state index in [9.17, 15) is 0 Å². The summed E-state index contributed by atoms with van der Waals surface area (Å²) in [6.45, 7) is 1.80. The van der Waals surface area contributed by atoms with Gasteiger partial charge < -0.3 is 9.88 Å². The SMILES string of the molecule is S=c1nc2[nH]ncc2c2n1CCN2. The Bertz CT molecular complexity index is 525. The van der Waals surface area contributed by atoms with Crippen molar-refractivity contribution >= 4 is 29.1 Å². The molecule has 66 valence electrons. The predicted molar refractivity (Wildman–Crippen MR) is 51.2 cm³/mol. The van der Waals surface area contributed by atoms with Gasteiger partial charge in [0.2, 0.25) is 4.77 Å². The molecule has 0 aliphatic carbocycles. The number of aromatic nitrogens is 4. The van der Waals surface area contributed by atoms with E-state index in [2.05, 4.69) is 20.5 Å². The summed E-state index contributed by atoms with van der Waals surface area (Å²) in [4.78, 5) is 4.23. The Kier molecular flexibility index (Phi) is 1.24. The summed E-state index contributed by atoms with van der Waals surface area (Å²) in [5, 5.41) is 11.0. The van der Waals surface area contributed by atoms with Crippen molar-refractivity contribution in [3.05, 3.63) is 11.0 Å². The highest BCUT2D eigenvalue weighted by Gasteiger charge is 2.14. The first kappa shape index (κ1) is 7.02. The molecule has 1 aliphatic heterocycles. The molecule has 3 rings (SSSR count). The fourth-order valence-corrected chi connectivity index (χ4v) is 1.89. The minimum absolute atomic E-state index is 0.608. The highest BCUT2D eigenvalue weighted by molar-refractivity contribution is 7.71. The molecule has 0 unspecified atom stereocenters.